The molecule has 1 aromatic rings. The summed E-state index contributed by atoms with van der Waals surface area (Å²) in [7, 11) is 0. The maximum atomic E-state index is 13.2. The van der Waals surface area contributed by atoms with Crippen LogP contribution in [0.15, 0.2) is 30.3 Å². The molecular formula is C31H48O8. The van der Waals surface area contributed by atoms with Crippen molar-refractivity contribution >= 4 is 23.5 Å². The molecule has 0 aliphatic heterocycles. The van der Waals surface area contributed by atoms with E-state index in [1.54, 1.807) is 55.4 Å². The highest BCUT2D eigenvalue weighted by Gasteiger charge is 2.47. The van der Waals surface area contributed by atoms with Crippen molar-refractivity contribution in [2.75, 3.05) is 6.61 Å². The molecule has 0 aromatic heterocycles. The zero-order valence-electron chi connectivity index (χ0n) is 25.6. The first-order chi connectivity index (χ1) is 17.7. The maximum Gasteiger partial charge on any atom is 0.332 e. The Morgan fingerprint density at radius 1 is 0.795 bits per heavy atom. The van der Waals surface area contributed by atoms with E-state index in [4.69, 9.17) is 18.9 Å². The molecule has 0 N–H and O–H groups in total. The number of carbonyl (C=O) groups excluding carboxylic acids is 4. The quantitative estimate of drug-likeness (QED) is 0.275. The van der Waals surface area contributed by atoms with E-state index in [1.807, 2.05) is 51.1 Å². The van der Waals surface area contributed by atoms with E-state index >= 15 is 0 Å². The monoisotopic (exact) mass is 548 g/mol. The van der Waals surface area contributed by atoms with E-state index < -0.39 is 52.8 Å². The lowest BCUT2D eigenvalue weighted by molar-refractivity contribution is -0.179. The summed E-state index contributed by atoms with van der Waals surface area (Å²) in [6, 6.07) is 9.25. The van der Waals surface area contributed by atoms with E-state index in [2.05, 4.69) is 0 Å². The number of benzene rings is 1. The Hall–Kier alpha value is -2.58. The van der Waals surface area contributed by atoms with Crippen LogP contribution in [0.4, 0.5) is 0 Å². The summed E-state index contributed by atoms with van der Waals surface area (Å²) in [4.78, 5) is 51.3. The van der Waals surface area contributed by atoms with Crippen LogP contribution in [0.25, 0.3) is 0 Å². The highest BCUT2D eigenvalue weighted by molar-refractivity contribution is 5.90. The normalized spacial score (nSPS) is 14.3. The van der Waals surface area contributed by atoms with Crippen molar-refractivity contribution in [3.8, 4) is 0 Å². The van der Waals surface area contributed by atoms with Gasteiger partial charge in [-0.25, -0.2) is 4.79 Å². The van der Waals surface area contributed by atoms with E-state index in [9.17, 15) is 19.2 Å². The third-order valence-corrected chi connectivity index (χ3v) is 6.73. The number of esters is 2. The van der Waals surface area contributed by atoms with Crippen molar-refractivity contribution in [2.24, 2.45) is 10.8 Å². The first-order valence-electron chi connectivity index (χ1n) is 13.5. The predicted octanol–water partition coefficient (Wildman–Crippen LogP) is 5.63. The molecule has 0 saturated heterocycles. The molecule has 0 amide bonds. The molecule has 0 saturated carbocycles. The van der Waals surface area contributed by atoms with Crippen LogP contribution >= 0.6 is 0 Å². The van der Waals surface area contributed by atoms with Gasteiger partial charge in [-0.15, -0.1) is 0 Å². The number of carbonyl (C=O) groups is 4. The average Bonchev–Trinajstić information content (AvgIpc) is 2.81. The van der Waals surface area contributed by atoms with Gasteiger partial charge >= 0.3 is 11.9 Å². The molecule has 0 aliphatic carbocycles. The molecule has 0 bridgehead atoms. The molecule has 0 fully saturated rings. The van der Waals surface area contributed by atoms with Crippen molar-refractivity contribution in [1.82, 2.24) is 0 Å². The molecular weight excluding hydrogens is 500 g/mol. The lowest BCUT2D eigenvalue weighted by Crippen LogP contribution is -2.52. The van der Waals surface area contributed by atoms with Gasteiger partial charge in [0.2, 0.25) is 0 Å². The number of ketones is 2. The number of ether oxygens (including phenoxy) is 4. The summed E-state index contributed by atoms with van der Waals surface area (Å²) in [6.07, 6.45) is -1.91. The zero-order chi connectivity index (χ0) is 30.2. The molecule has 0 radical (unpaired) electrons. The fraction of sp³-hybridized carbons (Fsp3) is 0.677. The molecule has 39 heavy (non-hydrogen) atoms. The van der Waals surface area contributed by atoms with E-state index in [0.717, 1.165) is 5.56 Å². The first kappa shape index (κ1) is 34.4. The van der Waals surface area contributed by atoms with Gasteiger partial charge in [-0.2, -0.15) is 0 Å². The number of hydrogen-bond donors (Lipinski definition) is 0. The lowest BCUT2D eigenvalue weighted by atomic mass is 9.72. The summed E-state index contributed by atoms with van der Waals surface area (Å²) in [5.41, 5.74) is -2.50. The van der Waals surface area contributed by atoms with Crippen molar-refractivity contribution < 1.29 is 38.1 Å². The van der Waals surface area contributed by atoms with Gasteiger partial charge in [0.05, 0.1) is 16.6 Å². The van der Waals surface area contributed by atoms with Crippen molar-refractivity contribution in [2.45, 2.75) is 119 Å². The molecule has 1 aromatic carbocycles. The largest absolute Gasteiger partial charge is 0.461 e. The molecule has 8 nitrogen and oxygen atoms in total. The summed E-state index contributed by atoms with van der Waals surface area (Å²) < 4.78 is 22.5. The Labute approximate surface area is 234 Å². The van der Waals surface area contributed by atoms with Crippen molar-refractivity contribution in [1.29, 1.82) is 0 Å². The number of rotatable bonds is 14. The number of hydrogen-bond acceptors (Lipinski definition) is 8. The second-order valence-corrected chi connectivity index (χ2v) is 12.9. The molecule has 0 heterocycles. The predicted molar refractivity (Wildman–Crippen MR) is 149 cm³/mol. The topological polar surface area (TPSA) is 105 Å². The average molecular weight is 549 g/mol. The molecule has 220 valence electrons. The SMILES string of the molecule is CC(OC(C)(C)C)C(=O)C(C)(C)C(C)(C)OCC(=O)OC(CCC(=O)OCc1ccccc1)C(=O)C(C)(C)C. The van der Waals surface area contributed by atoms with Crippen LogP contribution in [0.2, 0.25) is 0 Å². The van der Waals surface area contributed by atoms with Crippen LogP contribution < -0.4 is 0 Å². The van der Waals surface area contributed by atoms with Crippen LogP contribution in [0.1, 0.15) is 94.6 Å². The summed E-state index contributed by atoms with van der Waals surface area (Å²) >= 11 is 0. The van der Waals surface area contributed by atoms with Crippen LogP contribution in [-0.2, 0) is 44.7 Å². The fourth-order valence-electron chi connectivity index (χ4n) is 3.79. The van der Waals surface area contributed by atoms with Crippen molar-refractivity contribution in [3.63, 3.8) is 0 Å². The smallest absolute Gasteiger partial charge is 0.332 e. The maximum absolute atomic E-state index is 13.2. The van der Waals surface area contributed by atoms with Crippen LogP contribution in [0.5, 0.6) is 0 Å². The minimum Gasteiger partial charge on any atom is -0.461 e. The van der Waals surface area contributed by atoms with Gasteiger partial charge in [0.1, 0.15) is 19.3 Å². The highest BCUT2D eigenvalue weighted by atomic mass is 16.6. The Bertz CT molecular complexity index is 980. The van der Waals surface area contributed by atoms with Gasteiger partial charge in [-0.3, -0.25) is 14.4 Å². The van der Waals surface area contributed by atoms with E-state index in [1.165, 1.54) is 0 Å². The van der Waals surface area contributed by atoms with Crippen LogP contribution in [-0.4, -0.2) is 53.5 Å². The molecule has 8 heteroatoms. The molecule has 0 spiro atoms. The van der Waals surface area contributed by atoms with Gasteiger partial charge in [-0.05, 0) is 47.1 Å². The molecule has 0 aliphatic rings. The summed E-state index contributed by atoms with van der Waals surface area (Å²) in [5.74, 6) is -1.73. The number of Topliss-reactive ketones (excluding diaryl/α,β-unsaturated/α-hetero) is 2. The lowest BCUT2D eigenvalue weighted by Gasteiger charge is -2.42. The summed E-state index contributed by atoms with van der Waals surface area (Å²) in [5, 5.41) is 0. The standard InChI is InChI=1S/C31H48O8/c1-21(39-29(5,6)7)26(34)30(8,9)31(10,11)37-20-25(33)38-23(27(35)28(2,3)4)17-18-24(32)36-19-22-15-13-12-14-16-22/h12-16,21,23H,17-20H2,1-11H3. The van der Waals surface area contributed by atoms with Gasteiger partial charge in [0, 0.05) is 18.3 Å². The molecule has 2 atom stereocenters. The second kappa shape index (κ2) is 13.7. The zero-order valence-corrected chi connectivity index (χ0v) is 25.6. The molecule has 2 unspecified atom stereocenters. The minimum atomic E-state index is -1.14. The Morgan fingerprint density at radius 2 is 1.36 bits per heavy atom. The third-order valence-electron chi connectivity index (χ3n) is 6.73. The minimum absolute atomic E-state index is 0.00943. The van der Waals surface area contributed by atoms with Gasteiger partial charge < -0.3 is 18.9 Å². The summed E-state index contributed by atoms with van der Waals surface area (Å²) in [6.45, 7) is 19.1. The van der Waals surface area contributed by atoms with Crippen LogP contribution in [0, 0.1) is 10.8 Å². The van der Waals surface area contributed by atoms with Crippen LogP contribution in [0.3, 0.4) is 0 Å². The first-order valence-corrected chi connectivity index (χ1v) is 13.5. The van der Waals surface area contributed by atoms with Gasteiger partial charge in [0.15, 0.2) is 17.7 Å². The third kappa shape index (κ3) is 11.2. The Morgan fingerprint density at radius 3 is 1.87 bits per heavy atom. The molecule has 1 rings (SSSR count). The highest BCUT2D eigenvalue weighted by Crippen LogP contribution is 2.37. The van der Waals surface area contributed by atoms with Gasteiger partial charge in [-0.1, -0.05) is 65.0 Å². The Kier molecular flexibility index (Phi) is 12.1. The van der Waals surface area contributed by atoms with E-state index in [0.29, 0.717) is 0 Å². The van der Waals surface area contributed by atoms with E-state index in [-0.39, 0.29) is 31.0 Å². The fourth-order valence-corrected chi connectivity index (χ4v) is 3.79. The van der Waals surface area contributed by atoms with Crippen molar-refractivity contribution in [3.05, 3.63) is 35.9 Å². The second-order valence-electron chi connectivity index (χ2n) is 12.9. The Balaban J connectivity index is 2.81. The van der Waals surface area contributed by atoms with Gasteiger partial charge in [0.25, 0.3) is 0 Å².